The van der Waals surface area contributed by atoms with Gasteiger partial charge >= 0.3 is 5.76 Å². The summed E-state index contributed by atoms with van der Waals surface area (Å²) in [4.78, 5) is 11.4. The lowest BCUT2D eigenvalue weighted by molar-refractivity contribution is 0.100. The van der Waals surface area contributed by atoms with Crippen LogP contribution in [0.4, 0.5) is 8.78 Å². The molecule has 2 aromatic rings. The topological polar surface area (TPSA) is 121 Å². The number of amides is 1. The molecule has 1 aromatic heterocycles. The molecule has 1 amide bonds. The highest BCUT2D eigenvalue weighted by atomic mass is 32.2. The van der Waals surface area contributed by atoms with Crippen LogP contribution in [-0.4, -0.2) is 30.0 Å². The summed E-state index contributed by atoms with van der Waals surface area (Å²) in [5.41, 5.74) is 4.62. The average molecular weight is 316 g/mol. The molecule has 0 spiro atoms. The number of nitrogens with two attached hydrogens (primary N) is 2. The third-order valence-corrected chi connectivity index (χ3v) is 4.12. The van der Waals surface area contributed by atoms with Gasteiger partial charge in [0.15, 0.2) is 0 Å². The van der Waals surface area contributed by atoms with Gasteiger partial charge < -0.3 is 11.6 Å². The highest BCUT2D eigenvalue weighted by Gasteiger charge is 2.31. The average Bonchev–Trinajstić information content (AvgIpc) is 2.80. The van der Waals surface area contributed by atoms with Crippen LogP contribution >= 0.6 is 0 Å². The Morgan fingerprint density at radius 2 is 1.90 bits per heavy atom. The molecule has 0 atom stereocenters. The Kier molecular flexibility index (Phi) is 3.64. The first-order chi connectivity index (χ1) is 9.75. The van der Waals surface area contributed by atoms with Crippen molar-refractivity contribution in [3.63, 3.8) is 0 Å². The highest BCUT2D eigenvalue weighted by molar-refractivity contribution is 7.91. The fourth-order valence-corrected chi connectivity index (χ4v) is 2.71. The molecule has 0 aliphatic rings. The maximum absolute atomic E-state index is 12.7. The van der Waals surface area contributed by atoms with Gasteiger partial charge in [0.1, 0.15) is 5.69 Å². The molecule has 0 fully saturated rings. The van der Waals surface area contributed by atoms with E-state index in [1.165, 1.54) is 18.2 Å². The molecule has 0 aliphatic carbocycles. The van der Waals surface area contributed by atoms with Crippen molar-refractivity contribution in [1.82, 2.24) is 9.89 Å². The normalized spacial score (nSPS) is 11.8. The van der Waals surface area contributed by atoms with Crippen LogP contribution in [0.15, 0.2) is 35.4 Å². The molecule has 0 saturated carbocycles. The molecule has 0 saturated heterocycles. The monoisotopic (exact) mass is 316 g/mol. The SMILES string of the molecule is NC(=O)c1cn(N)nc1-c1ccccc1S(=O)(=O)C(F)F. The predicted molar refractivity (Wildman–Crippen MR) is 69.5 cm³/mol. The summed E-state index contributed by atoms with van der Waals surface area (Å²) in [5, 5.41) is 3.72. The fraction of sp³-hybridized carbons (Fsp3) is 0.0909. The Morgan fingerprint density at radius 1 is 1.29 bits per heavy atom. The Morgan fingerprint density at radius 3 is 2.48 bits per heavy atom. The number of benzene rings is 1. The first kappa shape index (κ1) is 14.9. The van der Waals surface area contributed by atoms with Crippen molar-refractivity contribution in [3.8, 4) is 11.3 Å². The van der Waals surface area contributed by atoms with Gasteiger partial charge in [-0.1, -0.05) is 18.2 Å². The minimum atomic E-state index is -4.86. The van der Waals surface area contributed by atoms with E-state index < -0.39 is 26.4 Å². The van der Waals surface area contributed by atoms with E-state index in [9.17, 15) is 22.0 Å². The second kappa shape index (κ2) is 5.13. The van der Waals surface area contributed by atoms with Crippen LogP contribution in [0.3, 0.4) is 0 Å². The quantitative estimate of drug-likeness (QED) is 0.789. The van der Waals surface area contributed by atoms with Crippen molar-refractivity contribution in [2.24, 2.45) is 5.73 Å². The fourth-order valence-electron chi connectivity index (χ4n) is 1.78. The van der Waals surface area contributed by atoms with Gasteiger partial charge in [-0.05, 0) is 6.07 Å². The van der Waals surface area contributed by atoms with Gasteiger partial charge in [0.25, 0.3) is 5.91 Å². The van der Waals surface area contributed by atoms with Crippen molar-refractivity contribution in [2.75, 3.05) is 5.84 Å². The van der Waals surface area contributed by atoms with Gasteiger partial charge in [-0.2, -0.15) is 18.7 Å². The van der Waals surface area contributed by atoms with E-state index in [0.29, 0.717) is 0 Å². The number of hydrogen-bond donors (Lipinski definition) is 2. The molecular weight excluding hydrogens is 306 g/mol. The number of nitrogens with zero attached hydrogens (tertiary/aromatic N) is 2. The molecule has 2 rings (SSSR count). The summed E-state index contributed by atoms with van der Waals surface area (Å²) in [5.74, 6) is 0.861. The van der Waals surface area contributed by atoms with Gasteiger partial charge in [-0.3, -0.25) is 4.79 Å². The molecule has 112 valence electrons. The smallest absolute Gasteiger partial charge is 0.341 e. The Hall–Kier alpha value is -2.49. The lowest BCUT2D eigenvalue weighted by Crippen LogP contribution is -2.14. The van der Waals surface area contributed by atoms with Gasteiger partial charge in [0, 0.05) is 5.56 Å². The second-order valence-corrected chi connectivity index (χ2v) is 5.92. The van der Waals surface area contributed by atoms with Crippen molar-refractivity contribution >= 4 is 15.7 Å². The Labute approximate surface area is 118 Å². The number of hydrogen-bond acceptors (Lipinski definition) is 5. The number of carbonyl (C=O) groups is 1. The third-order valence-electron chi connectivity index (χ3n) is 2.68. The molecule has 0 aliphatic heterocycles. The molecule has 7 nitrogen and oxygen atoms in total. The largest absolute Gasteiger partial charge is 0.365 e. The van der Waals surface area contributed by atoms with Gasteiger partial charge in [0.05, 0.1) is 16.7 Å². The van der Waals surface area contributed by atoms with Crippen LogP contribution < -0.4 is 11.6 Å². The number of rotatable bonds is 4. The summed E-state index contributed by atoms with van der Waals surface area (Å²) >= 11 is 0. The Bertz CT molecular complexity index is 802. The number of primary amides is 1. The second-order valence-electron chi connectivity index (χ2n) is 4.04. The van der Waals surface area contributed by atoms with Crippen LogP contribution in [0.1, 0.15) is 10.4 Å². The zero-order chi connectivity index (χ0) is 15.8. The van der Waals surface area contributed by atoms with Crippen molar-refractivity contribution in [2.45, 2.75) is 10.7 Å². The maximum Gasteiger partial charge on any atom is 0.341 e. The summed E-state index contributed by atoms with van der Waals surface area (Å²) in [6.07, 6.45) is 1.07. The zero-order valence-electron chi connectivity index (χ0n) is 10.4. The van der Waals surface area contributed by atoms with E-state index in [1.54, 1.807) is 0 Å². The molecule has 10 heteroatoms. The lowest BCUT2D eigenvalue weighted by atomic mass is 10.1. The summed E-state index contributed by atoms with van der Waals surface area (Å²) < 4.78 is 48.8. The number of carbonyl (C=O) groups excluding carboxylic acids is 1. The van der Waals surface area contributed by atoms with Crippen LogP contribution in [0.5, 0.6) is 0 Å². The van der Waals surface area contributed by atoms with Crippen LogP contribution in [0, 0.1) is 0 Å². The van der Waals surface area contributed by atoms with Crippen molar-refractivity contribution < 1.29 is 22.0 Å². The molecule has 0 unspecified atom stereocenters. The number of sulfone groups is 1. The van der Waals surface area contributed by atoms with Crippen LogP contribution in [-0.2, 0) is 9.84 Å². The zero-order valence-corrected chi connectivity index (χ0v) is 11.2. The minimum absolute atomic E-state index is 0.171. The summed E-state index contributed by atoms with van der Waals surface area (Å²) in [6.45, 7) is 0. The van der Waals surface area contributed by atoms with E-state index in [-0.39, 0.29) is 16.8 Å². The van der Waals surface area contributed by atoms with E-state index in [1.807, 2.05) is 0 Å². The van der Waals surface area contributed by atoms with Crippen LogP contribution in [0.25, 0.3) is 11.3 Å². The molecule has 4 N–H and O–H groups in total. The van der Waals surface area contributed by atoms with Gasteiger partial charge in [-0.15, -0.1) is 0 Å². The molecule has 21 heavy (non-hydrogen) atoms. The first-order valence-corrected chi connectivity index (χ1v) is 7.05. The third kappa shape index (κ3) is 2.57. The summed E-state index contributed by atoms with van der Waals surface area (Å²) in [6, 6.07) is 4.93. The summed E-state index contributed by atoms with van der Waals surface area (Å²) in [7, 11) is -4.86. The number of nitrogen functional groups attached to an aromatic ring is 1. The minimum Gasteiger partial charge on any atom is -0.365 e. The molecular formula is C11H10F2N4O3S. The first-order valence-electron chi connectivity index (χ1n) is 5.51. The highest BCUT2D eigenvalue weighted by Crippen LogP contribution is 2.31. The van der Waals surface area contributed by atoms with E-state index >= 15 is 0 Å². The predicted octanol–water partition coefficient (Wildman–Crippen LogP) is 0.359. The number of halogens is 2. The number of aromatic nitrogens is 2. The molecule has 0 radical (unpaired) electrons. The number of alkyl halides is 2. The van der Waals surface area contributed by atoms with E-state index in [2.05, 4.69) is 5.10 Å². The molecule has 0 bridgehead atoms. The maximum atomic E-state index is 12.7. The lowest BCUT2D eigenvalue weighted by Gasteiger charge is -2.08. The van der Waals surface area contributed by atoms with Crippen LogP contribution in [0.2, 0.25) is 0 Å². The van der Waals surface area contributed by atoms with Gasteiger partial charge in [-0.25, -0.2) is 8.42 Å². The van der Waals surface area contributed by atoms with Crippen molar-refractivity contribution in [1.29, 1.82) is 0 Å². The standard InChI is InChI=1S/C11H10F2N4O3S/c12-11(13)21(19,20)8-4-2-1-3-6(8)9-7(10(14)18)5-17(15)16-9/h1-5,11H,15H2,(H2,14,18). The Balaban J connectivity index is 2.76. The van der Waals surface area contributed by atoms with Gasteiger partial charge in [0.2, 0.25) is 9.84 Å². The molecule has 1 heterocycles. The van der Waals surface area contributed by atoms with E-state index in [0.717, 1.165) is 17.1 Å². The van der Waals surface area contributed by atoms with Crippen molar-refractivity contribution in [3.05, 3.63) is 36.0 Å². The van der Waals surface area contributed by atoms with E-state index in [4.69, 9.17) is 11.6 Å². The molecule has 1 aromatic carbocycles.